The highest BCUT2D eigenvalue weighted by Crippen LogP contribution is 2.39. The Kier molecular flexibility index (Phi) is 5.58. The third-order valence-corrected chi connectivity index (χ3v) is 7.75. The molecule has 3 heterocycles. The van der Waals surface area contributed by atoms with E-state index in [0.29, 0.717) is 23.4 Å². The highest BCUT2D eigenvalue weighted by molar-refractivity contribution is 7.91. The topological polar surface area (TPSA) is 129 Å². The Morgan fingerprint density at radius 2 is 2.06 bits per heavy atom. The molecule has 10 heteroatoms. The summed E-state index contributed by atoms with van der Waals surface area (Å²) in [6.45, 7) is 3.52. The molecule has 3 aromatic rings. The molecule has 0 spiro atoms. The van der Waals surface area contributed by atoms with Gasteiger partial charge in [-0.05, 0) is 32.4 Å². The molecule has 170 valence electrons. The normalized spacial score (nSPS) is 18.7. The number of aryl methyl sites for hydroxylation is 1. The summed E-state index contributed by atoms with van der Waals surface area (Å²) in [7, 11) is -1.88. The number of methoxy groups -OCH3 is 1. The van der Waals surface area contributed by atoms with Crippen LogP contribution in [-0.2, 0) is 19.4 Å². The lowest BCUT2D eigenvalue weighted by atomic mass is 9.90. The zero-order valence-electron chi connectivity index (χ0n) is 18.0. The van der Waals surface area contributed by atoms with Gasteiger partial charge in [-0.2, -0.15) is 5.10 Å². The minimum absolute atomic E-state index is 0.00756. The number of carbonyl (C=O) groups excluding carboxylic acids is 1. The van der Waals surface area contributed by atoms with Crippen molar-refractivity contribution in [2.45, 2.75) is 38.6 Å². The number of ether oxygens (including phenoxy) is 1. The summed E-state index contributed by atoms with van der Waals surface area (Å²) in [5.74, 6) is -1.94. The average Bonchev–Trinajstić information content (AvgIpc) is 3.27. The van der Waals surface area contributed by atoms with Crippen molar-refractivity contribution in [3.05, 3.63) is 57.2 Å². The molecule has 1 fully saturated rings. The van der Waals surface area contributed by atoms with Crippen molar-refractivity contribution < 1.29 is 27.5 Å². The SMILES string of the molecule is COC(=O)C[C@@H](c1oc2ccccc2c(=O)c1O)c1c(C)nn([C@@H]2CCS(=O)(=O)C2)c1C. The minimum atomic E-state index is -3.13. The van der Waals surface area contributed by atoms with Crippen LogP contribution in [0.25, 0.3) is 11.0 Å². The molecule has 2 atom stereocenters. The van der Waals surface area contributed by atoms with Gasteiger partial charge in [0, 0.05) is 11.3 Å². The third-order valence-electron chi connectivity index (χ3n) is 6.00. The van der Waals surface area contributed by atoms with Crippen LogP contribution in [0.1, 0.15) is 47.5 Å². The van der Waals surface area contributed by atoms with Crippen LogP contribution in [0.15, 0.2) is 33.5 Å². The second-order valence-corrected chi connectivity index (χ2v) is 10.3. The maximum atomic E-state index is 12.8. The molecule has 1 aliphatic heterocycles. The smallest absolute Gasteiger partial charge is 0.306 e. The molecule has 0 amide bonds. The van der Waals surface area contributed by atoms with E-state index >= 15 is 0 Å². The number of hydrogen-bond donors (Lipinski definition) is 1. The van der Waals surface area contributed by atoms with E-state index in [4.69, 9.17) is 9.15 Å². The molecule has 0 bridgehead atoms. The number of fused-ring (bicyclic) bond motifs is 1. The second-order valence-electron chi connectivity index (χ2n) is 8.06. The van der Waals surface area contributed by atoms with E-state index < -0.39 is 32.9 Å². The lowest BCUT2D eigenvalue weighted by molar-refractivity contribution is -0.140. The van der Waals surface area contributed by atoms with E-state index in [1.165, 1.54) is 7.11 Å². The number of hydrogen-bond acceptors (Lipinski definition) is 8. The summed E-state index contributed by atoms with van der Waals surface area (Å²) >= 11 is 0. The van der Waals surface area contributed by atoms with Crippen molar-refractivity contribution >= 4 is 26.8 Å². The van der Waals surface area contributed by atoms with Crippen LogP contribution in [0.4, 0.5) is 0 Å². The van der Waals surface area contributed by atoms with E-state index in [0.717, 1.165) is 0 Å². The van der Waals surface area contributed by atoms with Crippen molar-refractivity contribution in [3.63, 3.8) is 0 Å². The van der Waals surface area contributed by atoms with Crippen molar-refractivity contribution in [1.82, 2.24) is 9.78 Å². The van der Waals surface area contributed by atoms with Crippen molar-refractivity contribution in [2.75, 3.05) is 18.6 Å². The Morgan fingerprint density at radius 1 is 1.34 bits per heavy atom. The van der Waals surface area contributed by atoms with E-state index in [-0.39, 0.29) is 40.7 Å². The number of esters is 1. The summed E-state index contributed by atoms with van der Waals surface area (Å²) in [5, 5.41) is 15.5. The quantitative estimate of drug-likeness (QED) is 0.575. The molecule has 0 radical (unpaired) electrons. The Hall–Kier alpha value is -3.14. The van der Waals surface area contributed by atoms with Crippen LogP contribution >= 0.6 is 0 Å². The van der Waals surface area contributed by atoms with Crippen molar-refractivity contribution in [2.24, 2.45) is 0 Å². The number of benzene rings is 1. The molecule has 2 aromatic heterocycles. The summed E-state index contributed by atoms with van der Waals surface area (Å²) < 4.78 is 36.4. The van der Waals surface area contributed by atoms with Gasteiger partial charge in [-0.25, -0.2) is 8.42 Å². The zero-order chi connectivity index (χ0) is 23.2. The van der Waals surface area contributed by atoms with Crippen LogP contribution in [0, 0.1) is 13.8 Å². The fourth-order valence-corrected chi connectivity index (χ4v) is 6.16. The molecular formula is C22H24N2O7S. The van der Waals surface area contributed by atoms with Crippen LogP contribution in [-0.4, -0.2) is 47.9 Å². The first-order valence-corrected chi connectivity index (χ1v) is 12.0. The molecule has 0 aliphatic carbocycles. The van der Waals surface area contributed by atoms with Crippen molar-refractivity contribution in [1.29, 1.82) is 0 Å². The van der Waals surface area contributed by atoms with Gasteiger partial charge in [-0.15, -0.1) is 0 Å². The predicted molar refractivity (Wildman–Crippen MR) is 117 cm³/mol. The van der Waals surface area contributed by atoms with E-state index in [2.05, 4.69) is 5.10 Å². The van der Waals surface area contributed by atoms with Gasteiger partial charge in [0.25, 0.3) is 0 Å². The molecule has 1 N–H and O–H groups in total. The van der Waals surface area contributed by atoms with Crippen LogP contribution in [0.2, 0.25) is 0 Å². The first kappa shape index (κ1) is 22.1. The standard InChI is InChI=1S/C22H24N2O7S/c1-12-19(13(2)24(23-12)14-8-9-32(28,29)11-14)16(10-18(25)30-3)22-21(27)20(26)15-6-4-5-7-17(15)31-22/h4-7,14,16,27H,8-11H2,1-3H3/t14-,16-/m1/s1. The van der Waals surface area contributed by atoms with Gasteiger partial charge in [0.05, 0.1) is 48.1 Å². The maximum absolute atomic E-state index is 12.8. The molecule has 0 unspecified atom stereocenters. The van der Waals surface area contributed by atoms with Crippen molar-refractivity contribution in [3.8, 4) is 5.75 Å². The lowest BCUT2D eigenvalue weighted by Crippen LogP contribution is -2.16. The molecule has 32 heavy (non-hydrogen) atoms. The van der Waals surface area contributed by atoms with Gasteiger partial charge in [0.2, 0.25) is 11.2 Å². The molecule has 1 aromatic carbocycles. The number of carbonyl (C=O) groups is 1. The first-order valence-electron chi connectivity index (χ1n) is 10.2. The Morgan fingerprint density at radius 3 is 2.72 bits per heavy atom. The van der Waals surface area contributed by atoms with E-state index in [9.17, 15) is 23.1 Å². The Balaban J connectivity index is 1.90. The molecule has 4 rings (SSSR count). The number of para-hydroxylation sites is 1. The van der Waals surface area contributed by atoms with Gasteiger partial charge < -0.3 is 14.3 Å². The Labute approximate surface area is 184 Å². The lowest BCUT2D eigenvalue weighted by Gasteiger charge is -2.18. The number of rotatable bonds is 5. The highest BCUT2D eigenvalue weighted by Gasteiger charge is 2.35. The summed E-state index contributed by atoms with van der Waals surface area (Å²) in [5.41, 5.74) is 1.48. The average molecular weight is 461 g/mol. The van der Waals surface area contributed by atoms with E-state index in [1.807, 2.05) is 0 Å². The van der Waals surface area contributed by atoms with E-state index in [1.54, 1.807) is 42.8 Å². The Bertz CT molecular complexity index is 1370. The minimum Gasteiger partial charge on any atom is -0.502 e. The molecular weight excluding hydrogens is 436 g/mol. The summed E-state index contributed by atoms with van der Waals surface area (Å²) in [6, 6.07) is 6.22. The fraction of sp³-hybridized carbons (Fsp3) is 0.409. The van der Waals surface area contributed by atoms with Crippen LogP contribution < -0.4 is 5.43 Å². The summed E-state index contributed by atoms with van der Waals surface area (Å²) in [4.78, 5) is 25.1. The zero-order valence-corrected chi connectivity index (χ0v) is 18.8. The van der Waals surface area contributed by atoms with Gasteiger partial charge in [-0.1, -0.05) is 12.1 Å². The molecule has 9 nitrogen and oxygen atoms in total. The summed E-state index contributed by atoms with van der Waals surface area (Å²) in [6.07, 6.45) is 0.253. The number of sulfone groups is 1. The van der Waals surface area contributed by atoms with Gasteiger partial charge in [0.1, 0.15) is 5.58 Å². The molecule has 1 aliphatic rings. The molecule has 0 saturated carbocycles. The third kappa shape index (κ3) is 3.79. The van der Waals surface area contributed by atoms with Crippen LogP contribution in [0.5, 0.6) is 5.75 Å². The fourth-order valence-electron chi connectivity index (χ4n) is 4.47. The van der Waals surface area contributed by atoms with Crippen LogP contribution in [0.3, 0.4) is 0 Å². The second kappa shape index (κ2) is 8.09. The largest absolute Gasteiger partial charge is 0.502 e. The highest BCUT2D eigenvalue weighted by atomic mass is 32.2. The van der Waals surface area contributed by atoms with Gasteiger partial charge >= 0.3 is 5.97 Å². The monoisotopic (exact) mass is 460 g/mol. The van der Waals surface area contributed by atoms with Gasteiger partial charge in [-0.3, -0.25) is 14.3 Å². The molecule has 1 saturated heterocycles. The number of nitrogens with zero attached hydrogens (tertiary/aromatic N) is 2. The predicted octanol–water partition coefficient (Wildman–Crippen LogP) is 2.37. The first-order chi connectivity index (χ1) is 15.1. The number of aromatic hydroxyl groups is 1. The van der Waals surface area contributed by atoms with Gasteiger partial charge in [0.15, 0.2) is 15.6 Å². The maximum Gasteiger partial charge on any atom is 0.306 e. The number of aromatic nitrogens is 2.